The topological polar surface area (TPSA) is 120 Å². The SMILES string of the molecule is N#Cc1ccccc1COc1ccc2c(CCC3CCN(C(=O)O)CC3)noc2c1CO. The van der Waals surface area contributed by atoms with Gasteiger partial charge in [-0.1, -0.05) is 23.4 Å². The molecule has 0 unspecified atom stereocenters. The van der Waals surface area contributed by atoms with Crippen molar-refractivity contribution in [2.75, 3.05) is 13.1 Å². The predicted molar refractivity (Wildman–Crippen MR) is 116 cm³/mol. The highest BCUT2D eigenvalue weighted by molar-refractivity contribution is 5.84. The van der Waals surface area contributed by atoms with Crippen LogP contribution in [-0.2, 0) is 19.6 Å². The number of aliphatic hydroxyl groups is 1. The molecule has 1 aliphatic rings. The summed E-state index contributed by atoms with van der Waals surface area (Å²) in [5.74, 6) is 0.953. The fraction of sp³-hybridized carbons (Fsp3) is 0.375. The van der Waals surface area contributed by atoms with E-state index in [1.54, 1.807) is 18.2 Å². The zero-order valence-corrected chi connectivity index (χ0v) is 17.7. The summed E-state index contributed by atoms with van der Waals surface area (Å²) in [6.45, 7) is 1.10. The van der Waals surface area contributed by atoms with E-state index in [1.165, 1.54) is 4.90 Å². The highest BCUT2D eigenvalue weighted by Gasteiger charge is 2.23. The van der Waals surface area contributed by atoms with Crippen LogP contribution in [0.4, 0.5) is 4.79 Å². The largest absolute Gasteiger partial charge is 0.488 e. The zero-order chi connectivity index (χ0) is 22.5. The van der Waals surface area contributed by atoms with Gasteiger partial charge in [0.25, 0.3) is 0 Å². The third kappa shape index (κ3) is 4.53. The lowest BCUT2D eigenvalue weighted by atomic mass is 9.91. The van der Waals surface area contributed by atoms with E-state index in [-0.39, 0.29) is 13.2 Å². The minimum absolute atomic E-state index is 0.207. The molecule has 2 N–H and O–H groups in total. The highest BCUT2D eigenvalue weighted by Crippen LogP contribution is 2.32. The second-order valence-corrected chi connectivity index (χ2v) is 8.02. The Balaban J connectivity index is 1.45. The lowest BCUT2D eigenvalue weighted by molar-refractivity contribution is 0.123. The van der Waals surface area contributed by atoms with Gasteiger partial charge in [0, 0.05) is 24.0 Å². The summed E-state index contributed by atoms with van der Waals surface area (Å²) in [7, 11) is 0. The summed E-state index contributed by atoms with van der Waals surface area (Å²) in [6, 6.07) is 13.1. The molecule has 32 heavy (non-hydrogen) atoms. The van der Waals surface area contributed by atoms with Crippen LogP contribution in [0.25, 0.3) is 11.0 Å². The average Bonchev–Trinajstić information content (AvgIpc) is 3.24. The Morgan fingerprint density at radius 3 is 2.75 bits per heavy atom. The number of nitriles is 1. The van der Waals surface area contributed by atoms with Gasteiger partial charge in [0.2, 0.25) is 0 Å². The Labute approximate surface area is 185 Å². The number of hydrogen-bond acceptors (Lipinski definition) is 6. The molecule has 1 aromatic heterocycles. The first-order chi connectivity index (χ1) is 15.6. The van der Waals surface area contributed by atoms with Crippen molar-refractivity contribution in [2.24, 2.45) is 5.92 Å². The second kappa shape index (κ2) is 9.71. The fourth-order valence-electron chi connectivity index (χ4n) is 4.22. The number of amides is 1. The fourth-order valence-corrected chi connectivity index (χ4v) is 4.22. The maximum atomic E-state index is 11.1. The van der Waals surface area contributed by atoms with Crippen LogP contribution in [0.1, 0.15) is 41.6 Å². The van der Waals surface area contributed by atoms with Gasteiger partial charge < -0.3 is 24.4 Å². The van der Waals surface area contributed by atoms with Crippen LogP contribution in [0.3, 0.4) is 0 Å². The lowest BCUT2D eigenvalue weighted by Crippen LogP contribution is -2.37. The number of ether oxygens (including phenoxy) is 1. The van der Waals surface area contributed by atoms with Gasteiger partial charge in [-0.2, -0.15) is 5.26 Å². The zero-order valence-electron chi connectivity index (χ0n) is 17.7. The molecule has 1 amide bonds. The first kappa shape index (κ1) is 21.7. The first-order valence-electron chi connectivity index (χ1n) is 10.7. The Bertz CT molecular complexity index is 1140. The molecular weight excluding hydrogens is 410 g/mol. The molecular formula is C24H25N3O5. The van der Waals surface area contributed by atoms with E-state index in [0.29, 0.717) is 41.5 Å². The van der Waals surface area contributed by atoms with Crippen LogP contribution in [-0.4, -0.2) is 39.5 Å². The summed E-state index contributed by atoms with van der Waals surface area (Å²) in [5.41, 5.74) is 3.19. The smallest absolute Gasteiger partial charge is 0.407 e. The molecule has 1 saturated heterocycles. The van der Waals surface area contributed by atoms with Crippen molar-refractivity contribution in [2.45, 2.75) is 38.9 Å². The number of aliphatic hydroxyl groups excluding tert-OH is 1. The van der Waals surface area contributed by atoms with Gasteiger partial charge in [0.05, 0.1) is 29.5 Å². The van der Waals surface area contributed by atoms with Crippen LogP contribution >= 0.6 is 0 Å². The van der Waals surface area contributed by atoms with Crippen LogP contribution < -0.4 is 4.74 Å². The number of piperidine rings is 1. The number of likely N-dealkylation sites (tertiary alicyclic amines) is 1. The second-order valence-electron chi connectivity index (χ2n) is 8.02. The van der Waals surface area contributed by atoms with Gasteiger partial charge in [-0.15, -0.1) is 0 Å². The summed E-state index contributed by atoms with van der Waals surface area (Å²) in [6.07, 6.45) is 2.49. The Kier molecular flexibility index (Phi) is 6.57. The standard InChI is InChI=1S/C24H25N3O5/c25-13-17-3-1-2-4-18(17)15-31-22-8-6-19-21(26-32-23(19)20(22)14-28)7-5-16-9-11-27(12-10-16)24(29)30/h1-4,6,8,16,28H,5,7,9-12,14-15H2,(H,29,30). The minimum Gasteiger partial charge on any atom is -0.488 e. The molecule has 0 spiro atoms. The number of rotatable bonds is 7. The van der Waals surface area contributed by atoms with Crippen molar-refractivity contribution in [1.82, 2.24) is 10.1 Å². The molecule has 8 nitrogen and oxygen atoms in total. The molecule has 2 heterocycles. The van der Waals surface area contributed by atoms with Crippen LogP contribution in [0, 0.1) is 17.2 Å². The summed E-state index contributed by atoms with van der Waals surface area (Å²) in [4.78, 5) is 12.5. The maximum absolute atomic E-state index is 11.1. The van der Waals surface area contributed by atoms with Crippen LogP contribution in [0.5, 0.6) is 5.75 Å². The first-order valence-corrected chi connectivity index (χ1v) is 10.7. The van der Waals surface area contributed by atoms with Crippen LogP contribution in [0.15, 0.2) is 40.9 Å². The number of aryl methyl sites for hydroxylation is 1. The number of nitrogens with zero attached hydrogens (tertiary/aromatic N) is 3. The number of aromatic nitrogens is 1. The third-order valence-corrected chi connectivity index (χ3v) is 6.13. The van der Waals surface area contributed by atoms with Gasteiger partial charge in [-0.25, -0.2) is 4.79 Å². The van der Waals surface area contributed by atoms with E-state index >= 15 is 0 Å². The molecule has 0 saturated carbocycles. The van der Waals surface area contributed by atoms with Gasteiger partial charge >= 0.3 is 6.09 Å². The van der Waals surface area contributed by atoms with E-state index in [9.17, 15) is 15.2 Å². The van der Waals surface area contributed by atoms with E-state index in [0.717, 1.165) is 42.3 Å². The normalized spacial score (nSPS) is 14.4. The molecule has 1 fully saturated rings. The maximum Gasteiger partial charge on any atom is 0.407 e. The number of benzene rings is 2. The van der Waals surface area contributed by atoms with Crippen molar-refractivity contribution in [1.29, 1.82) is 5.26 Å². The molecule has 166 valence electrons. The van der Waals surface area contributed by atoms with Crippen molar-refractivity contribution < 1.29 is 24.3 Å². The summed E-state index contributed by atoms with van der Waals surface area (Å²) < 4.78 is 11.5. The molecule has 3 aromatic rings. The molecule has 4 rings (SSSR count). The Hall–Kier alpha value is -3.57. The monoisotopic (exact) mass is 435 g/mol. The van der Waals surface area contributed by atoms with E-state index in [4.69, 9.17) is 14.4 Å². The molecule has 2 aromatic carbocycles. The van der Waals surface area contributed by atoms with Crippen LogP contribution in [0.2, 0.25) is 0 Å². The minimum atomic E-state index is -0.850. The lowest BCUT2D eigenvalue weighted by Gasteiger charge is -2.29. The van der Waals surface area contributed by atoms with Gasteiger partial charge in [-0.05, 0) is 49.8 Å². The molecule has 1 aliphatic heterocycles. The average molecular weight is 435 g/mol. The third-order valence-electron chi connectivity index (χ3n) is 6.13. The summed E-state index contributed by atoms with van der Waals surface area (Å²) >= 11 is 0. The number of carboxylic acid groups (broad SMARTS) is 1. The summed E-state index contributed by atoms with van der Waals surface area (Å²) in [5, 5.41) is 33.4. The predicted octanol–water partition coefficient (Wildman–Crippen LogP) is 4.09. The molecule has 8 heteroatoms. The number of hydrogen-bond donors (Lipinski definition) is 2. The van der Waals surface area contributed by atoms with Gasteiger partial charge in [-0.3, -0.25) is 0 Å². The molecule has 0 atom stereocenters. The quantitative estimate of drug-likeness (QED) is 0.573. The van der Waals surface area contributed by atoms with Gasteiger partial charge in [0.1, 0.15) is 12.4 Å². The van der Waals surface area contributed by atoms with Crippen molar-refractivity contribution in [3.8, 4) is 11.8 Å². The Morgan fingerprint density at radius 2 is 2.03 bits per heavy atom. The van der Waals surface area contributed by atoms with E-state index in [1.807, 2.05) is 18.2 Å². The van der Waals surface area contributed by atoms with E-state index < -0.39 is 6.09 Å². The van der Waals surface area contributed by atoms with Gasteiger partial charge in [0.15, 0.2) is 5.58 Å². The molecule has 0 aliphatic carbocycles. The molecule has 0 bridgehead atoms. The number of fused-ring (bicyclic) bond motifs is 1. The van der Waals surface area contributed by atoms with Crippen molar-refractivity contribution in [3.63, 3.8) is 0 Å². The number of carbonyl (C=O) groups is 1. The van der Waals surface area contributed by atoms with Crippen molar-refractivity contribution in [3.05, 3.63) is 58.8 Å². The van der Waals surface area contributed by atoms with E-state index in [2.05, 4.69) is 11.2 Å². The molecule has 0 radical (unpaired) electrons. The van der Waals surface area contributed by atoms with Crippen molar-refractivity contribution >= 4 is 17.1 Å². The highest BCUT2D eigenvalue weighted by atomic mass is 16.5. The Morgan fingerprint density at radius 1 is 1.25 bits per heavy atom.